The molecule has 0 aromatic carbocycles. The van der Waals surface area contributed by atoms with Crippen LogP contribution in [0.5, 0.6) is 0 Å². The molecule has 1 aliphatic rings. The first kappa shape index (κ1) is 11.8. The molecule has 3 atom stereocenters. The van der Waals surface area contributed by atoms with E-state index in [0.717, 1.165) is 19.8 Å². The summed E-state index contributed by atoms with van der Waals surface area (Å²) in [5.41, 5.74) is 0. The number of rotatable bonds is 3. The molecule has 84 valence electrons. The molecule has 0 aliphatic heterocycles. The molecule has 0 heterocycles. The molecule has 0 saturated heterocycles. The first-order chi connectivity index (χ1) is 6.45. The summed E-state index contributed by atoms with van der Waals surface area (Å²) in [4.78, 5) is 0. The molecule has 14 heavy (non-hydrogen) atoms. The molecule has 0 spiro atoms. The zero-order valence-electron chi connectivity index (χ0n) is 8.40. The highest BCUT2D eigenvalue weighted by Crippen LogP contribution is 2.28. The van der Waals surface area contributed by atoms with E-state index < -0.39 is 12.3 Å². The zero-order valence-corrected chi connectivity index (χ0v) is 8.40. The molecule has 0 amide bonds. The van der Waals surface area contributed by atoms with Gasteiger partial charge in [-0.05, 0) is 33.2 Å². The Morgan fingerprint density at radius 3 is 2.50 bits per heavy atom. The van der Waals surface area contributed by atoms with Crippen LogP contribution in [0.3, 0.4) is 0 Å². The van der Waals surface area contributed by atoms with Crippen molar-refractivity contribution in [2.75, 3.05) is 7.05 Å². The van der Waals surface area contributed by atoms with Crippen molar-refractivity contribution in [1.82, 2.24) is 5.32 Å². The Kier molecular flexibility index (Phi) is 3.78. The van der Waals surface area contributed by atoms with E-state index in [0.29, 0.717) is 6.42 Å². The average Bonchev–Trinajstić information content (AvgIpc) is 2.50. The van der Waals surface area contributed by atoms with Crippen molar-refractivity contribution >= 4 is 0 Å². The van der Waals surface area contributed by atoms with E-state index in [2.05, 4.69) is 5.32 Å². The number of alkyl halides is 3. The number of nitrogens with one attached hydrogen (secondary N) is 1. The topological polar surface area (TPSA) is 21.3 Å². The van der Waals surface area contributed by atoms with Crippen molar-refractivity contribution in [3.05, 3.63) is 0 Å². The van der Waals surface area contributed by atoms with Crippen LogP contribution in [0.15, 0.2) is 0 Å². The predicted molar refractivity (Wildman–Crippen MR) is 47.1 cm³/mol. The fourth-order valence-corrected chi connectivity index (χ4v) is 1.76. The lowest BCUT2D eigenvalue weighted by Gasteiger charge is -2.25. The Morgan fingerprint density at radius 1 is 1.36 bits per heavy atom. The molecule has 3 unspecified atom stereocenters. The number of ether oxygens (including phenoxy) is 1. The minimum atomic E-state index is -4.25. The van der Waals surface area contributed by atoms with E-state index >= 15 is 0 Å². The molecule has 1 saturated carbocycles. The molecule has 1 rings (SSSR count). The van der Waals surface area contributed by atoms with E-state index in [1.807, 2.05) is 0 Å². The second-order valence-electron chi connectivity index (χ2n) is 3.68. The van der Waals surface area contributed by atoms with Crippen molar-refractivity contribution in [2.24, 2.45) is 0 Å². The van der Waals surface area contributed by atoms with Crippen molar-refractivity contribution < 1.29 is 17.9 Å². The van der Waals surface area contributed by atoms with Crippen molar-refractivity contribution in [1.29, 1.82) is 0 Å². The van der Waals surface area contributed by atoms with Gasteiger partial charge in [0.05, 0.1) is 6.10 Å². The van der Waals surface area contributed by atoms with Crippen molar-refractivity contribution in [2.45, 2.75) is 50.6 Å². The third-order valence-electron chi connectivity index (χ3n) is 2.66. The van der Waals surface area contributed by atoms with Gasteiger partial charge in [0, 0.05) is 6.04 Å². The summed E-state index contributed by atoms with van der Waals surface area (Å²) in [7, 11) is 1.75. The van der Waals surface area contributed by atoms with Gasteiger partial charge in [-0.25, -0.2) is 0 Å². The maximum Gasteiger partial charge on any atom is 0.414 e. The van der Waals surface area contributed by atoms with E-state index in [9.17, 15) is 13.2 Å². The van der Waals surface area contributed by atoms with Gasteiger partial charge < -0.3 is 10.1 Å². The molecule has 1 fully saturated rings. The second-order valence-corrected chi connectivity index (χ2v) is 3.68. The van der Waals surface area contributed by atoms with Gasteiger partial charge in [0.1, 0.15) is 0 Å². The highest BCUT2D eigenvalue weighted by Gasteiger charge is 2.40. The molecule has 2 nitrogen and oxygen atoms in total. The van der Waals surface area contributed by atoms with Crippen LogP contribution in [0.4, 0.5) is 13.2 Å². The SMILES string of the molecule is CNC1CCCC1OC(C)C(F)(F)F. The van der Waals surface area contributed by atoms with Gasteiger partial charge in [0.2, 0.25) is 0 Å². The van der Waals surface area contributed by atoms with Crippen LogP contribution in [0.2, 0.25) is 0 Å². The Balaban J connectivity index is 2.43. The number of halogens is 3. The lowest BCUT2D eigenvalue weighted by Crippen LogP contribution is -2.40. The maximum absolute atomic E-state index is 12.2. The van der Waals surface area contributed by atoms with Gasteiger partial charge in [-0.15, -0.1) is 0 Å². The monoisotopic (exact) mass is 211 g/mol. The van der Waals surface area contributed by atoms with Crippen LogP contribution in [0.25, 0.3) is 0 Å². The van der Waals surface area contributed by atoms with E-state index in [4.69, 9.17) is 4.74 Å². The minimum absolute atomic E-state index is 0.0693. The number of hydrogen-bond acceptors (Lipinski definition) is 2. The molecule has 0 aromatic heterocycles. The molecule has 0 aromatic rings. The molecular weight excluding hydrogens is 195 g/mol. The number of likely N-dealkylation sites (N-methyl/N-ethyl adjacent to an activating group) is 1. The van der Waals surface area contributed by atoms with E-state index in [-0.39, 0.29) is 12.1 Å². The number of hydrogen-bond donors (Lipinski definition) is 1. The largest absolute Gasteiger partial charge is 0.414 e. The van der Waals surface area contributed by atoms with Gasteiger partial charge in [0.25, 0.3) is 0 Å². The lowest BCUT2D eigenvalue weighted by molar-refractivity contribution is -0.227. The summed E-state index contributed by atoms with van der Waals surface area (Å²) in [5, 5.41) is 2.98. The summed E-state index contributed by atoms with van der Waals surface area (Å²) in [5.74, 6) is 0. The molecule has 1 N–H and O–H groups in total. The van der Waals surface area contributed by atoms with E-state index in [1.54, 1.807) is 7.05 Å². The van der Waals surface area contributed by atoms with Gasteiger partial charge in [-0.2, -0.15) is 13.2 Å². The third-order valence-corrected chi connectivity index (χ3v) is 2.66. The quantitative estimate of drug-likeness (QED) is 0.771. The van der Waals surface area contributed by atoms with Gasteiger partial charge in [-0.1, -0.05) is 0 Å². The van der Waals surface area contributed by atoms with Crippen LogP contribution in [-0.4, -0.2) is 31.5 Å². The summed E-state index contributed by atoms with van der Waals surface area (Å²) >= 11 is 0. The molecule has 5 heteroatoms. The predicted octanol–water partition coefficient (Wildman–Crippen LogP) is 2.09. The second kappa shape index (κ2) is 4.49. The summed E-state index contributed by atoms with van der Waals surface area (Å²) in [6.07, 6.45) is -3.67. The molecule has 1 aliphatic carbocycles. The maximum atomic E-state index is 12.2. The first-order valence-electron chi connectivity index (χ1n) is 4.84. The fraction of sp³-hybridized carbons (Fsp3) is 1.00. The summed E-state index contributed by atoms with van der Waals surface area (Å²) in [6.45, 7) is 1.06. The summed E-state index contributed by atoms with van der Waals surface area (Å²) < 4.78 is 41.6. The van der Waals surface area contributed by atoms with Gasteiger partial charge >= 0.3 is 6.18 Å². The Bertz CT molecular complexity index is 183. The van der Waals surface area contributed by atoms with Crippen molar-refractivity contribution in [3.63, 3.8) is 0 Å². The molecule has 0 bridgehead atoms. The Hall–Kier alpha value is -0.290. The van der Waals surface area contributed by atoms with Crippen LogP contribution < -0.4 is 5.32 Å². The highest BCUT2D eigenvalue weighted by molar-refractivity contribution is 4.84. The smallest absolute Gasteiger partial charge is 0.364 e. The first-order valence-corrected chi connectivity index (χ1v) is 4.84. The lowest BCUT2D eigenvalue weighted by atomic mass is 10.2. The van der Waals surface area contributed by atoms with Crippen LogP contribution in [-0.2, 0) is 4.74 Å². The van der Waals surface area contributed by atoms with Crippen LogP contribution >= 0.6 is 0 Å². The van der Waals surface area contributed by atoms with Crippen LogP contribution in [0, 0.1) is 0 Å². The minimum Gasteiger partial charge on any atom is -0.364 e. The van der Waals surface area contributed by atoms with Crippen LogP contribution in [0.1, 0.15) is 26.2 Å². The van der Waals surface area contributed by atoms with E-state index in [1.165, 1.54) is 0 Å². The third kappa shape index (κ3) is 2.85. The highest BCUT2D eigenvalue weighted by atomic mass is 19.4. The Labute approximate surface area is 81.8 Å². The van der Waals surface area contributed by atoms with Gasteiger partial charge in [-0.3, -0.25) is 0 Å². The standard InChI is InChI=1S/C9H16F3NO/c1-6(9(10,11)12)14-8-5-3-4-7(8)13-2/h6-8,13H,3-5H2,1-2H3. The normalized spacial score (nSPS) is 30.6. The molecule has 0 radical (unpaired) electrons. The van der Waals surface area contributed by atoms with Crippen molar-refractivity contribution in [3.8, 4) is 0 Å². The Morgan fingerprint density at radius 2 is 2.00 bits per heavy atom. The summed E-state index contributed by atoms with van der Waals surface area (Å²) in [6, 6.07) is 0.0693. The zero-order chi connectivity index (χ0) is 10.8. The average molecular weight is 211 g/mol. The van der Waals surface area contributed by atoms with Gasteiger partial charge in [0.15, 0.2) is 6.10 Å². The fourth-order valence-electron chi connectivity index (χ4n) is 1.76. The molecular formula is C9H16F3NO.